The molecule has 3 nitrogen and oxygen atoms in total. The number of hydrogen-bond acceptors (Lipinski definition) is 4. The van der Waals surface area contributed by atoms with E-state index >= 15 is 0 Å². The zero-order valence-electron chi connectivity index (χ0n) is 9.45. The summed E-state index contributed by atoms with van der Waals surface area (Å²) in [6.45, 7) is 0. The average Bonchev–Trinajstić information content (AvgIpc) is 2.87. The van der Waals surface area contributed by atoms with Crippen molar-refractivity contribution in [2.75, 3.05) is 5.75 Å². The Morgan fingerprint density at radius 1 is 1.11 bits per heavy atom. The molecular formula is C13H13ClO3S. The van der Waals surface area contributed by atoms with E-state index in [1.165, 1.54) is 0 Å². The van der Waals surface area contributed by atoms with Gasteiger partial charge in [0, 0.05) is 16.3 Å². The largest absolute Gasteiger partial charge is 0.458 e. The number of aliphatic hydroxyl groups is 2. The lowest BCUT2D eigenvalue weighted by atomic mass is 10.1. The van der Waals surface area contributed by atoms with Crippen LogP contribution in [0, 0.1) is 0 Å². The van der Waals surface area contributed by atoms with Crippen LogP contribution in [0.15, 0.2) is 40.8 Å². The Balaban J connectivity index is 2.22. The molecule has 0 radical (unpaired) electrons. The zero-order valence-corrected chi connectivity index (χ0v) is 11.1. The lowest BCUT2D eigenvalue weighted by Crippen LogP contribution is -2.19. The molecule has 1 aromatic heterocycles. The van der Waals surface area contributed by atoms with Crippen molar-refractivity contribution in [2.24, 2.45) is 0 Å². The van der Waals surface area contributed by atoms with Gasteiger partial charge in [-0.1, -0.05) is 11.6 Å². The number of hydrogen-bond donors (Lipinski definition) is 3. The first-order valence-electron chi connectivity index (χ1n) is 5.44. The molecule has 2 aromatic rings. The van der Waals surface area contributed by atoms with Crippen LogP contribution in [0.25, 0.3) is 11.3 Å². The number of halogens is 1. The monoisotopic (exact) mass is 284 g/mol. The minimum absolute atomic E-state index is 0.165. The highest BCUT2D eigenvalue weighted by atomic mass is 35.5. The van der Waals surface area contributed by atoms with Crippen LogP contribution in [0.1, 0.15) is 11.9 Å². The standard InChI is InChI=1S/C13H13ClO3S/c14-9-3-1-8(2-4-9)11-5-6-12(17-11)13(16)10(15)7-18/h1-6,10,13,15-16,18H,7H2. The SMILES string of the molecule is OC(CS)C(O)c1ccc(-c2ccc(Cl)cc2)o1. The molecule has 0 saturated carbocycles. The molecule has 0 aliphatic heterocycles. The highest BCUT2D eigenvalue weighted by Gasteiger charge is 2.20. The van der Waals surface area contributed by atoms with Crippen molar-refractivity contribution in [3.05, 3.63) is 47.2 Å². The van der Waals surface area contributed by atoms with E-state index in [0.29, 0.717) is 16.5 Å². The lowest BCUT2D eigenvalue weighted by molar-refractivity contribution is 0.0203. The summed E-state index contributed by atoms with van der Waals surface area (Å²) in [5, 5.41) is 19.9. The Kier molecular flexibility index (Phi) is 4.35. The molecule has 2 rings (SSSR count). The predicted molar refractivity (Wildman–Crippen MR) is 74.0 cm³/mol. The molecule has 96 valence electrons. The van der Waals surface area contributed by atoms with Crippen LogP contribution in [-0.2, 0) is 0 Å². The Morgan fingerprint density at radius 3 is 2.39 bits per heavy atom. The predicted octanol–water partition coefficient (Wildman–Crippen LogP) is 2.92. The second-order valence-electron chi connectivity index (χ2n) is 3.90. The van der Waals surface area contributed by atoms with E-state index in [4.69, 9.17) is 16.0 Å². The van der Waals surface area contributed by atoms with Crippen molar-refractivity contribution < 1.29 is 14.6 Å². The van der Waals surface area contributed by atoms with Crippen LogP contribution in [0.2, 0.25) is 5.02 Å². The van der Waals surface area contributed by atoms with Gasteiger partial charge >= 0.3 is 0 Å². The van der Waals surface area contributed by atoms with Crippen LogP contribution in [0.3, 0.4) is 0 Å². The molecule has 5 heteroatoms. The van der Waals surface area contributed by atoms with Crippen LogP contribution < -0.4 is 0 Å². The van der Waals surface area contributed by atoms with Crippen LogP contribution >= 0.6 is 24.2 Å². The van der Waals surface area contributed by atoms with Gasteiger partial charge < -0.3 is 14.6 Å². The molecule has 0 aliphatic carbocycles. The van der Waals surface area contributed by atoms with Crippen molar-refractivity contribution in [3.8, 4) is 11.3 Å². The Bertz CT molecular complexity index is 509. The Morgan fingerprint density at radius 2 is 1.78 bits per heavy atom. The normalized spacial score (nSPS) is 14.4. The molecule has 1 heterocycles. The smallest absolute Gasteiger partial charge is 0.138 e. The summed E-state index contributed by atoms with van der Waals surface area (Å²) >= 11 is 9.73. The van der Waals surface area contributed by atoms with E-state index in [2.05, 4.69) is 12.6 Å². The van der Waals surface area contributed by atoms with Crippen molar-refractivity contribution in [2.45, 2.75) is 12.2 Å². The van der Waals surface area contributed by atoms with Crippen molar-refractivity contribution in [1.29, 1.82) is 0 Å². The van der Waals surface area contributed by atoms with E-state index in [-0.39, 0.29) is 5.75 Å². The fourth-order valence-electron chi connectivity index (χ4n) is 1.57. The summed E-state index contributed by atoms with van der Waals surface area (Å²) in [5.41, 5.74) is 0.859. The maximum absolute atomic E-state index is 9.78. The van der Waals surface area contributed by atoms with Gasteiger partial charge in [-0.2, -0.15) is 12.6 Å². The number of benzene rings is 1. The summed E-state index contributed by atoms with van der Waals surface area (Å²) in [6.07, 6.45) is -2.01. The third kappa shape index (κ3) is 2.90. The minimum Gasteiger partial charge on any atom is -0.458 e. The summed E-state index contributed by atoms with van der Waals surface area (Å²) in [6, 6.07) is 10.6. The molecule has 0 aliphatic rings. The topological polar surface area (TPSA) is 53.6 Å². The number of rotatable bonds is 4. The average molecular weight is 285 g/mol. The highest BCUT2D eigenvalue weighted by molar-refractivity contribution is 7.80. The second kappa shape index (κ2) is 5.80. The Hall–Kier alpha value is -0.940. The minimum atomic E-state index is -1.07. The first-order valence-corrected chi connectivity index (χ1v) is 6.45. The van der Waals surface area contributed by atoms with Gasteiger partial charge in [-0.25, -0.2) is 0 Å². The number of furan rings is 1. The molecule has 1 aromatic carbocycles. The zero-order chi connectivity index (χ0) is 13.1. The van der Waals surface area contributed by atoms with Crippen LogP contribution in [0.5, 0.6) is 0 Å². The molecule has 18 heavy (non-hydrogen) atoms. The maximum Gasteiger partial charge on any atom is 0.138 e. The van der Waals surface area contributed by atoms with E-state index in [1.807, 2.05) is 12.1 Å². The van der Waals surface area contributed by atoms with Gasteiger partial charge in [-0.05, 0) is 36.4 Å². The van der Waals surface area contributed by atoms with Gasteiger partial charge in [0.25, 0.3) is 0 Å². The third-order valence-electron chi connectivity index (χ3n) is 2.60. The molecule has 2 unspecified atom stereocenters. The second-order valence-corrected chi connectivity index (χ2v) is 4.71. The first-order chi connectivity index (χ1) is 8.61. The highest BCUT2D eigenvalue weighted by Crippen LogP contribution is 2.27. The summed E-state index contributed by atoms with van der Waals surface area (Å²) in [7, 11) is 0. The molecule has 0 amide bonds. The van der Waals surface area contributed by atoms with Crippen molar-refractivity contribution in [3.63, 3.8) is 0 Å². The lowest BCUT2D eigenvalue weighted by Gasteiger charge is -2.12. The van der Waals surface area contributed by atoms with Crippen LogP contribution in [-0.4, -0.2) is 22.1 Å². The van der Waals surface area contributed by atoms with Gasteiger partial charge in [-0.15, -0.1) is 0 Å². The van der Waals surface area contributed by atoms with Gasteiger partial charge in [0.05, 0.1) is 6.10 Å². The fourth-order valence-corrected chi connectivity index (χ4v) is 1.90. The van der Waals surface area contributed by atoms with Gasteiger partial charge in [0.2, 0.25) is 0 Å². The van der Waals surface area contributed by atoms with Gasteiger partial charge in [0.15, 0.2) is 0 Å². The van der Waals surface area contributed by atoms with E-state index in [1.54, 1.807) is 24.3 Å². The molecule has 2 N–H and O–H groups in total. The molecule has 0 fully saturated rings. The Labute approximate surface area is 115 Å². The summed E-state index contributed by atoms with van der Waals surface area (Å²) < 4.78 is 5.51. The molecule has 2 atom stereocenters. The molecule has 0 saturated heterocycles. The maximum atomic E-state index is 9.78. The number of aliphatic hydroxyl groups excluding tert-OH is 2. The summed E-state index contributed by atoms with van der Waals surface area (Å²) in [5.74, 6) is 1.10. The van der Waals surface area contributed by atoms with Crippen LogP contribution in [0.4, 0.5) is 0 Å². The summed E-state index contributed by atoms with van der Waals surface area (Å²) in [4.78, 5) is 0. The fraction of sp³-hybridized carbons (Fsp3) is 0.231. The van der Waals surface area contributed by atoms with Gasteiger partial charge in [0.1, 0.15) is 17.6 Å². The van der Waals surface area contributed by atoms with Crippen molar-refractivity contribution in [1.82, 2.24) is 0 Å². The quantitative estimate of drug-likeness (QED) is 0.757. The molecule has 0 spiro atoms. The van der Waals surface area contributed by atoms with Crippen molar-refractivity contribution >= 4 is 24.2 Å². The van der Waals surface area contributed by atoms with E-state index in [9.17, 15) is 10.2 Å². The third-order valence-corrected chi connectivity index (χ3v) is 3.22. The molecular weight excluding hydrogens is 272 g/mol. The number of thiol groups is 1. The van der Waals surface area contributed by atoms with E-state index in [0.717, 1.165) is 5.56 Å². The molecule has 0 bridgehead atoms. The van der Waals surface area contributed by atoms with E-state index < -0.39 is 12.2 Å². The first kappa shape index (κ1) is 13.5. The van der Waals surface area contributed by atoms with Gasteiger partial charge in [-0.3, -0.25) is 0 Å².